The zero-order valence-electron chi connectivity index (χ0n) is 14.9. The van der Waals surface area contributed by atoms with Crippen LogP contribution in [0.5, 0.6) is 23.0 Å². The van der Waals surface area contributed by atoms with Gasteiger partial charge in [0.2, 0.25) is 0 Å². The topological polar surface area (TPSA) is 58.9 Å². The molecule has 5 heteroatoms. The minimum absolute atomic E-state index is 0.0902. The minimum Gasteiger partial charge on any atom is -0.508 e. The van der Waals surface area contributed by atoms with Crippen LogP contribution in [0.1, 0.15) is 0 Å². The van der Waals surface area contributed by atoms with E-state index in [9.17, 15) is 10.2 Å². The Morgan fingerprint density at radius 1 is 0.667 bits per heavy atom. The van der Waals surface area contributed by atoms with Gasteiger partial charge in [-0.3, -0.25) is 0 Å². The first-order valence-corrected chi connectivity index (χ1v) is 8.61. The number of hydrogen-bond acceptors (Lipinski definition) is 4. The quantitative estimate of drug-likeness (QED) is 0.462. The average Bonchev–Trinajstić information content (AvgIpc) is 2.70. The van der Waals surface area contributed by atoms with Gasteiger partial charge in [-0.15, -0.1) is 0 Å². The van der Waals surface area contributed by atoms with E-state index < -0.39 is 0 Å². The van der Waals surface area contributed by atoms with Gasteiger partial charge in [0.1, 0.15) is 23.0 Å². The van der Waals surface area contributed by atoms with Crippen molar-refractivity contribution in [2.75, 3.05) is 14.2 Å². The number of rotatable bonds is 2. The lowest BCUT2D eigenvalue weighted by atomic mass is 10.1. The van der Waals surface area contributed by atoms with E-state index in [0.29, 0.717) is 5.02 Å². The van der Waals surface area contributed by atoms with Gasteiger partial charge < -0.3 is 19.7 Å². The van der Waals surface area contributed by atoms with Crippen molar-refractivity contribution in [3.63, 3.8) is 0 Å². The molecule has 4 aromatic carbocycles. The Morgan fingerprint density at radius 3 is 1.96 bits per heavy atom. The van der Waals surface area contributed by atoms with Crippen LogP contribution >= 0.6 is 11.6 Å². The molecule has 4 nitrogen and oxygen atoms in total. The first kappa shape index (κ1) is 18.7. The van der Waals surface area contributed by atoms with E-state index in [1.807, 2.05) is 42.5 Å². The Bertz CT molecular complexity index is 1090. The Labute approximate surface area is 162 Å². The van der Waals surface area contributed by atoms with Crippen molar-refractivity contribution in [1.82, 2.24) is 0 Å². The highest BCUT2D eigenvalue weighted by molar-refractivity contribution is 6.37. The van der Waals surface area contributed by atoms with Crippen LogP contribution in [0.3, 0.4) is 0 Å². The van der Waals surface area contributed by atoms with Crippen molar-refractivity contribution >= 4 is 33.1 Å². The predicted molar refractivity (Wildman–Crippen MR) is 109 cm³/mol. The van der Waals surface area contributed by atoms with Gasteiger partial charge in [-0.2, -0.15) is 0 Å². The summed E-state index contributed by atoms with van der Waals surface area (Å²) in [5.74, 6) is 1.90. The molecular formula is C22H19ClO4. The summed E-state index contributed by atoms with van der Waals surface area (Å²) < 4.78 is 10.2. The average molecular weight is 383 g/mol. The number of methoxy groups -OCH3 is 2. The molecule has 0 amide bonds. The summed E-state index contributed by atoms with van der Waals surface area (Å²) in [7, 11) is 3.22. The highest BCUT2D eigenvalue weighted by Gasteiger charge is 2.05. The minimum atomic E-state index is 0.0902. The second kappa shape index (κ2) is 8.06. The fourth-order valence-electron chi connectivity index (χ4n) is 2.72. The van der Waals surface area contributed by atoms with Crippen molar-refractivity contribution < 1.29 is 19.7 Å². The summed E-state index contributed by atoms with van der Waals surface area (Å²) in [6.45, 7) is 0. The standard InChI is InChI=1S/C11H9ClO2.C11H10O2/c1-14-8-4-2-7-3-5-10(13)11(12)9(7)6-8;1-13-11-5-3-8-2-4-10(12)6-9(8)7-11/h2-6,13H,1H3;2-7,12H,1H3. The first-order chi connectivity index (χ1) is 13.0. The Morgan fingerprint density at radius 2 is 1.26 bits per heavy atom. The molecule has 0 radical (unpaired) electrons. The van der Waals surface area contributed by atoms with Gasteiger partial charge in [-0.25, -0.2) is 0 Å². The predicted octanol–water partition coefficient (Wildman–Crippen LogP) is 5.76. The molecule has 138 valence electrons. The normalized spacial score (nSPS) is 10.3. The molecule has 0 aliphatic heterocycles. The number of phenols is 2. The number of fused-ring (bicyclic) bond motifs is 2. The van der Waals surface area contributed by atoms with Crippen LogP contribution in [0.4, 0.5) is 0 Å². The maximum Gasteiger partial charge on any atom is 0.134 e. The zero-order valence-corrected chi connectivity index (χ0v) is 15.7. The van der Waals surface area contributed by atoms with Crippen LogP contribution in [0, 0.1) is 0 Å². The summed E-state index contributed by atoms with van der Waals surface area (Å²) in [5.41, 5.74) is 0. The molecule has 0 fully saturated rings. The third-order valence-corrected chi connectivity index (χ3v) is 4.57. The van der Waals surface area contributed by atoms with E-state index in [4.69, 9.17) is 21.1 Å². The summed E-state index contributed by atoms with van der Waals surface area (Å²) >= 11 is 5.95. The third kappa shape index (κ3) is 4.18. The lowest BCUT2D eigenvalue weighted by Gasteiger charge is -2.05. The molecule has 0 saturated heterocycles. The SMILES string of the molecule is COc1ccc2ccc(O)c(Cl)c2c1.COc1ccc2ccc(O)cc2c1. The second-order valence-corrected chi connectivity index (χ2v) is 6.26. The van der Waals surface area contributed by atoms with Crippen LogP contribution in [-0.4, -0.2) is 24.4 Å². The number of phenolic OH excluding ortho intramolecular Hbond substituents is 2. The van der Waals surface area contributed by atoms with Crippen molar-refractivity contribution in [1.29, 1.82) is 0 Å². The van der Waals surface area contributed by atoms with E-state index in [0.717, 1.165) is 33.0 Å². The van der Waals surface area contributed by atoms with Crippen LogP contribution in [0.25, 0.3) is 21.5 Å². The molecule has 4 rings (SSSR count). The van der Waals surface area contributed by atoms with Crippen LogP contribution in [0.2, 0.25) is 5.02 Å². The van der Waals surface area contributed by atoms with E-state index in [1.54, 1.807) is 38.5 Å². The summed E-state index contributed by atoms with van der Waals surface area (Å²) in [5, 5.41) is 22.9. The highest BCUT2D eigenvalue weighted by atomic mass is 35.5. The maximum absolute atomic E-state index is 9.41. The van der Waals surface area contributed by atoms with Gasteiger partial charge in [0.05, 0.1) is 19.2 Å². The molecule has 27 heavy (non-hydrogen) atoms. The van der Waals surface area contributed by atoms with Crippen molar-refractivity contribution in [2.24, 2.45) is 0 Å². The molecule has 0 heterocycles. The van der Waals surface area contributed by atoms with Gasteiger partial charge in [-0.1, -0.05) is 35.9 Å². The monoisotopic (exact) mass is 382 g/mol. The molecule has 0 saturated carbocycles. The summed E-state index contributed by atoms with van der Waals surface area (Å²) in [6.07, 6.45) is 0. The number of aromatic hydroxyl groups is 2. The Kier molecular flexibility index (Phi) is 5.57. The van der Waals surface area contributed by atoms with Crippen molar-refractivity contribution in [3.05, 3.63) is 71.8 Å². The molecule has 4 aromatic rings. The van der Waals surface area contributed by atoms with Crippen LogP contribution < -0.4 is 9.47 Å². The summed E-state index contributed by atoms with van der Waals surface area (Å²) in [6, 6.07) is 20.0. The summed E-state index contributed by atoms with van der Waals surface area (Å²) in [4.78, 5) is 0. The first-order valence-electron chi connectivity index (χ1n) is 8.24. The largest absolute Gasteiger partial charge is 0.508 e. The van der Waals surface area contributed by atoms with E-state index in [2.05, 4.69) is 0 Å². The van der Waals surface area contributed by atoms with Gasteiger partial charge >= 0.3 is 0 Å². The molecule has 0 atom stereocenters. The van der Waals surface area contributed by atoms with Gasteiger partial charge in [0, 0.05) is 5.39 Å². The van der Waals surface area contributed by atoms with Gasteiger partial charge in [-0.05, 0) is 58.6 Å². The molecule has 0 aliphatic carbocycles. The fraction of sp³-hybridized carbons (Fsp3) is 0.0909. The zero-order chi connectivity index (χ0) is 19.4. The fourth-order valence-corrected chi connectivity index (χ4v) is 2.94. The van der Waals surface area contributed by atoms with E-state index in [1.165, 1.54) is 0 Å². The highest BCUT2D eigenvalue weighted by Crippen LogP contribution is 2.33. The van der Waals surface area contributed by atoms with E-state index >= 15 is 0 Å². The Hall–Kier alpha value is -3.11. The smallest absolute Gasteiger partial charge is 0.134 e. The van der Waals surface area contributed by atoms with Gasteiger partial charge in [0.25, 0.3) is 0 Å². The third-order valence-electron chi connectivity index (χ3n) is 4.17. The lowest BCUT2D eigenvalue weighted by Crippen LogP contribution is -1.82. The molecule has 0 bridgehead atoms. The number of benzene rings is 4. The van der Waals surface area contributed by atoms with Crippen LogP contribution in [-0.2, 0) is 0 Å². The van der Waals surface area contributed by atoms with Crippen molar-refractivity contribution in [2.45, 2.75) is 0 Å². The van der Waals surface area contributed by atoms with E-state index in [-0.39, 0.29) is 11.5 Å². The number of ether oxygens (including phenoxy) is 2. The number of halogens is 1. The molecule has 0 aromatic heterocycles. The molecule has 2 N–H and O–H groups in total. The van der Waals surface area contributed by atoms with Gasteiger partial charge in [0.15, 0.2) is 0 Å². The number of hydrogen-bond donors (Lipinski definition) is 2. The molecular weight excluding hydrogens is 364 g/mol. The Balaban J connectivity index is 0.000000156. The molecule has 0 aliphatic rings. The maximum atomic E-state index is 9.41. The van der Waals surface area contributed by atoms with Crippen LogP contribution in [0.15, 0.2) is 66.7 Å². The molecule has 0 unspecified atom stereocenters. The molecule has 0 spiro atoms. The van der Waals surface area contributed by atoms with Crippen molar-refractivity contribution in [3.8, 4) is 23.0 Å². The lowest BCUT2D eigenvalue weighted by molar-refractivity contribution is 0.415. The second-order valence-electron chi connectivity index (χ2n) is 5.88.